The van der Waals surface area contributed by atoms with Crippen LogP contribution in [-0.2, 0) is 10.0 Å². The van der Waals surface area contributed by atoms with E-state index in [4.69, 9.17) is 0 Å². The molecule has 1 aliphatic heterocycles. The molecule has 0 unspecified atom stereocenters. The normalized spacial score (nSPS) is 20.0. The first-order valence-electron chi connectivity index (χ1n) is 8.08. The Labute approximate surface area is 138 Å². The second-order valence-corrected chi connectivity index (χ2v) is 8.24. The lowest BCUT2D eigenvalue weighted by molar-refractivity contribution is 0.302. The third kappa shape index (κ3) is 3.19. The molecule has 1 aliphatic rings. The summed E-state index contributed by atoms with van der Waals surface area (Å²) in [7, 11) is -3.42. The lowest BCUT2D eigenvalue weighted by atomic mass is 9.98. The maximum atomic E-state index is 12.8. The fourth-order valence-electron chi connectivity index (χ4n) is 3.19. The van der Waals surface area contributed by atoms with Gasteiger partial charge in [0.25, 0.3) is 0 Å². The smallest absolute Gasteiger partial charge is 0.243 e. The van der Waals surface area contributed by atoms with E-state index >= 15 is 0 Å². The second-order valence-electron chi connectivity index (χ2n) is 6.30. The third-order valence-corrected chi connectivity index (χ3v) is 6.26. The Morgan fingerprint density at radius 1 is 1.22 bits per heavy atom. The van der Waals surface area contributed by atoms with Crippen LogP contribution in [0.15, 0.2) is 47.6 Å². The maximum Gasteiger partial charge on any atom is 0.243 e. The number of benzene rings is 1. The lowest BCUT2D eigenvalue weighted by Gasteiger charge is -2.32. The number of rotatable bonds is 4. The highest BCUT2D eigenvalue weighted by atomic mass is 32.2. The van der Waals surface area contributed by atoms with Crippen LogP contribution < -0.4 is 0 Å². The predicted octanol–water partition coefficient (Wildman–Crippen LogP) is 3.03. The summed E-state index contributed by atoms with van der Waals surface area (Å²) in [5, 5.41) is 0. The van der Waals surface area contributed by atoms with E-state index in [0.29, 0.717) is 24.0 Å². The molecule has 3 rings (SSSR count). The van der Waals surface area contributed by atoms with Crippen molar-refractivity contribution in [3.63, 3.8) is 0 Å². The predicted molar refractivity (Wildman–Crippen MR) is 89.8 cm³/mol. The molecule has 1 fully saturated rings. The van der Waals surface area contributed by atoms with Crippen molar-refractivity contribution in [2.45, 2.75) is 43.5 Å². The van der Waals surface area contributed by atoms with Gasteiger partial charge in [-0.2, -0.15) is 4.31 Å². The summed E-state index contributed by atoms with van der Waals surface area (Å²) in [5.41, 5.74) is 0. The molecule has 124 valence electrons. The van der Waals surface area contributed by atoms with Crippen LogP contribution in [0.4, 0.5) is 0 Å². The van der Waals surface area contributed by atoms with E-state index < -0.39 is 10.0 Å². The minimum Gasteiger partial charge on any atom is -0.332 e. The first-order chi connectivity index (χ1) is 11.0. The Bertz CT molecular complexity index is 753. The van der Waals surface area contributed by atoms with E-state index in [-0.39, 0.29) is 5.92 Å². The zero-order valence-corrected chi connectivity index (χ0v) is 14.4. The molecule has 1 aromatic heterocycles. The van der Waals surface area contributed by atoms with Crippen molar-refractivity contribution in [1.29, 1.82) is 0 Å². The molecule has 23 heavy (non-hydrogen) atoms. The van der Waals surface area contributed by atoms with Crippen molar-refractivity contribution in [2.75, 3.05) is 13.1 Å². The molecule has 0 saturated carbocycles. The summed E-state index contributed by atoms with van der Waals surface area (Å²) < 4.78 is 29.4. The number of sulfonamides is 1. The number of imidazole rings is 1. The van der Waals surface area contributed by atoms with Crippen LogP contribution in [0.2, 0.25) is 0 Å². The molecule has 0 spiro atoms. The van der Waals surface area contributed by atoms with Crippen molar-refractivity contribution >= 4 is 10.0 Å². The zero-order chi connectivity index (χ0) is 16.4. The highest BCUT2D eigenvalue weighted by Crippen LogP contribution is 2.30. The molecule has 0 N–H and O–H groups in total. The summed E-state index contributed by atoms with van der Waals surface area (Å²) in [6.45, 7) is 5.32. The largest absolute Gasteiger partial charge is 0.332 e. The molecular weight excluding hydrogens is 310 g/mol. The molecule has 2 heterocycles. The van der Waals surface area contributed by atoms with Gasteiger partial charge in [0.05, 0.1) is 4.90 Å². The van der Waals surface area contributed by atoms with Gasteiger partial charge in [-0.3, -0.25) is 0 Å². The van der Waals surface area contributed by atoms with Gasteiger partial charge in [0.15, 0.2) is 0 Å². The van der Waals surface area contributed by atoms with Gasteiger partial charge in [0.2, 0.25) is 10.0 Å². The van der Waals surface area contributed by atoms with Crippen molar-refractivity contribution in [3.05, 3.63) is 48.5 Å². The van der Waals surface area contributed by atoms with Crippen molar-refractivity contribution in [2.24, 2.45) is 0 Å². The summed E-state index contributed by atoms with van der Waals surface area (Å²) in [4.78, 5) is 4.86. The fourth-order valence-corrected chi connectivity index (χ4v) is 4.74. The highest BCUT2D eigenvalue weighted by molar-refractivity contribution is 7.89. The average molecular weight is 333 g/mol. The Hall–Kier alpha value is -1.66. The molecule has 1 saturated heterocycles. The van der Waals surface area contributed by atoms with Gasteiger partial charge in [-0.1, -0.05) is 18.2 Å². The molecule has 2 aromatic rings. The molecular formula is C17H23N3O2S. The maximum absolute atomic E-state index is 12.8. The van der Waals surface area contributed by atoms with Crippen molar-refractivity contribution in [1.82, 2.24) is 13.9 Å². The molecule has 1 aromatic carbocycles. The molecule has 0 bridgehead atoms. The molecule has 1 atom stereocenters. The van der Waals surface area contributed by atoms with Gasteiger partial charge in [-0.05, 0) is 38.8 Å². The van der Waals surface area contributed by atoms with Crippen LogP contribution in [0.3, 0.4) is 0 Å². The number of aromatic nitrogens is 2. The van der Waals surface area contributed by atoms with E-state index in [2.05, 4.69) is 23.4 Å². The third-order valence-electron chi connectivity index (χ3n) is 4.39. The second kappa shape index (κ2) is 6.45. The Morgan fingerprint density at radius 3 is 2.65 bits per heavy atom. The van der Waals surface area contributed by atoms with Gasteiger partial charge in [0, 0.05) is 37.4 Å². The van der Waals surface area contributed by atoms with Crippen molar-refractivity contribution < 1.29 is 8.42 Å². The molecule has 0 aliphatic carbocycles. The molecule has 6 heteroatoms. The molecule has 0 radical (unpaired) electrons. The SMILES string of the molecule is CC(C)n1ccnc1[C@@H]1CCCN(S(=O)(=O)c2ccccc2)C1. The van der Waals surface area contributed by atoms with E-state index in [0.717, 1.165) is 18.7 Å². The number of hydrogen-bond donors (Lipinski definition) is 0. The highest BCUT2D eigenvalue weighted by Gasteiger charge is 2.32. The number of hydrogen-bond acceptors (Lipinski definition) is 3. The van der Waals surface area contributed by atoms with Crippen LogP contribution in [0.1, 0.15) is 44.5 Å². The fraction of sp³-hybridized carbons (Fsp3) is 0.471. The first kappa shape index (κ1) is 16.2. The van der Waals surface area contributed by atoms with Gasteiger partial charge in [0.1, 0.15) is 5.82 Å². The van der Waals surface area contributed by atoms with Gasteiger partial charge < -0.3 is 4.57 Å². The summed E-state index contributed by atoms with van der Waals surface area (Å²) in [6.07, 6.45) is 5.62. The van der Waals surface area contributed by atoms with Crippen LogP contribution in [0, 0.1) is 0 Å². The van der Waals surface area contributed by atoms with E-state index in [1.807, 2.05) is 12.3 Å². The van der Waals surface area contributed by atoms with Crippen LogP contribution in [-0.4, -0.2) is 35.4 Å². The monoisotopic (exact) mass is 333 g/mol. The average Bonchev–Trinajstić information content (AvgIpc) is 3.06. The quantitative estimate of drug-likeness (QED) is 0.864. The first-order valence-corrected chi connectivity index (χ1v) is 9.52. The number of nitrogens with zero attached hydrogens (tertiary/aromatic N) is 3. The molecule has 5 nitrogen and oxygen atoms in total. The summed E-state index contributed by atoms with van der Waals surface area (Å²) in [5.74, 6) is 1.15. The minimum atomic E-state index is -3.42. The Kier molecular flexibility index (Phi) is 4.55. The van der Waals surface area contributed by atoms with E-state index in [9.17, 15) is 8.42 Å². The zero-order valence-electron chi connectivity index (χ0n) is 13.6. The minimum absolute atomic E-state index is 0.152. The van der Waals surface area contributed by atoms with Gasteiger partial charge in [-0.15, -0.1) is 0 Å². The summed E-state index contributed by atoms with van der Waals surface area (Å²) >= 11 is 0. The molecule has 0 amide bonds. The van der Waals surface area contributed by atoms with Crippen LogP contribution in [0.5, 0.6) is 0 Å². The van der Waals surface area contributed by atoms with E-state index in [1.54, 1.807) is 34.8 Å². The summed E-state index contributed by atoms with van der Waals surface area (Å²) in [6, 6.07) is 9.01. The van der Waals surface area contributed by atoms with Crippen molar-refractivity contribution in [3.8, 4) is 0 Å². The standard InChI is InChI=1S/C17H23N3O2S/c1-14(2)20-12-10-18-17(20)15-7-6-11-19(13-15)23(21,22)16-8-4-3-5-9-16/h3-5,8-10,12,14-15H,6-7,11,13H2,1-2H3/t15-/m1/s1. The van der Waals surface area contributed by atoms with Gasteiger partial charge >= 0.3 is 0 Å². The van der Waals surface area contributed by atoms with Crippen LogP contribution >= 0.6 is 0 Å². The Morgan fingerprint density at radius 2 is 1.96 bits per heavy atom. The van der Waals surface area contributed by atoms with Crippen LogP contribution in [0.25, 0.3) is 0 Å². The lowest BCUT2D eigenvalue weighted by Crippen LogP contribution is -2.39. The number of piperidine rings is 1. The van der Waals surface area contributed by atoms with Gasteiger partial charge in [-0.25, -0.2) is 13.4 Å². The topological polar surface area (TPSA) is 55.2 Å². The Balaban J connectivity index is 1.85. The van der Waals surface area contributed by atoms with E-state index in [1.165, 1.54) is 0 Å².